The van der Waals surface area contributed by atoms with E-state index in [1.807, 2.05) is 12.1 Å². The molecule has 0 bridgehead atoms. The van der Waals surface area contributed by atoms with Gasteiger partial charge in [-0.15, -0.1) is 10.2 Å². The van der Waals surface area contributed by atoms with Crippen LogP contribution < -0.4 is 5.73 Å². The monoisotopic (exact) mass is 261 g/mol. The van der Waals surface area contributed by atoms with Crippen LogP contribution in [0.5, 0.6) is 0 Å². The van der Waals surface area contributed by atoms with E-state index in [1.165, 1.54) is 0 Å². The molecule has 1 aliphatic heterocycles. The van der Waals surface area contributed by atoms with E-state index in [4.69, 9.17) is 10.2 Å². The summed E-state index contributed by atoms with van der Waals surface area (Å²) in [5.41, 5.74) is 6.29. The van der Waals surface area contributed by atoms with Gasteiger partial charge in [0.05, 0.1) is 18.8 Å². The van der Waals surface area contributed by atoms with E-state index in [1.54, 1.807) is 12.6 Å². The first-order valence-corrected chi connectivity index (χ1v) is 6.69. The van der Waals surface area contributed by atoms with Gasteiger partial charge >= 0.3 is 0 Å². The average molecular weight is 261 g/mol. The van der Waals surface area contributed by atoms with E-state index >= 15 is 0 Å². The van der Waals surface area contributed by atoms with Crippen LogP contribution in [-0.4, -0.2) is 32.3 Å². The van der Waals surface area contributed by atoms with Gasteiger partial charge in [-0.3, -0.25) is 4.90 Å². The first-order valence-electron chi connectivity index (χ1n) is 6.69. The summed E-state index contributed by atoms with van der Waals surface area (Å²) in [7, 11) is 0. The van der Waals surface area contributed by atoms with E-state index < -0.39 is 0 Å². The molecule has 0 aliphatic carbocycles. The minimum Gasteiger partial charge on any atom is -0.468 e. The number of aromatic nitrogens is 3. The van der Waals surface area contributed by atoms with Gasteiger partial charge in [0.1, 0.15) is 17.9 Å². The third-order valence-electron chi connectivity index (χ3n) is 3.77. The first-order chi connectivity index (χ1) is 9.29. The van der Waals surface area contributed by atoms with Crippen molar-refractivity contribution in [2.75, 3.05) is 6.54 Å². The van der Waals surface area contributed by atoms with Crippen LogP contribution in [0.1, 0.15) is 31.0 Å². The van der Waals surface area contributed by atoms with Crippen molar-refractivity contribution in [1.29, 1.82) is 0 Å². The summed E-state index contributed by atoms with van der Waals surface area (Å²) in [5.74, 6) is 1.92. The number of nitrogens with zero attached hydrogens (tertiary/aromatic N) is 4. The SMILES string of the molecule is CCC(N)C(c1ccco1)N1CCn2cnnc2C1. The van der Waals surface area contributed by atoms with Gasteiger partial charge < -0.3 is 14.7 Å². The molecule has 0 amide bonds. The Morgan fingerprint density at radius 2 is 2.37 bits per heavy atom. The molecule has 2 unspecified atom stereocenters. The van der Waals surface area contributed by atoms with E-state index in [9.17, 15) is 0 Å². The minimum absolute atomic E-state index is 0.0561. The summed E-state index contributed by atoms with van der Waals surface area (Å²) in [6, 6.07) is 4.07. The highest BCUT2D eigenvalue weighted by atomic mass is 16.3. The van der Waals surface area contributed by atoms with Gasteiger partial charge in [0.15, 0.2) is 0 Å². The van der Waals surface area contributed by atoms with Crippen molar-refractivity contribution in [3.05, 3.63) is 36.3 Å². The summed E-state index contributed by atoms with van der Waals surface area (Å²) in [5, 5.41) is 8.11. The van der Waals surface area contributed by atoms with Crippen LogP contribution in [0.2, 0.25) is 0 Å². The average Bonchev–Trinajstić information content (AvgIpc) is 3.08. The Kier molecular flexibility index (Phi) is 3.35. The molecule has 0 saturated heterocycles. The van der Waals surface area contributed by atoms with Gasteiger partial charge in [-0.05, 0) is 18.6 Å². The fraction of sp³-hybridized carbons (Fsp3) is 0.538. The summed E-state index contributed by atoms with van der Waals surface area (Å²) in [6.07, 6.45) is 4.40. The molecule has 2 aromatic heterocycles. The summed E-state index contributed by atoms with van der Waals surface area (Å²) in [6.45, 7) is 4.70. The molecule has 0 radical (unpaired) electrons. The summed E-state index contributed by atoms with van der Waals surface area (Å²) in [4.78, 5) is 2.33. The lowest BCUT2D eigenvalue weighted by Gasteiger charge is -2.36. The van der Waals surface area contributed by atoms with E-state index in [0.717, 1.165) is 37.6 Å². The molecule has 6 heteroatoms. The predicted octanol–water partition coefficient (Wildman–Crippen LogP) is 1.17. The zero-order chi connectivity index (χ0) is 13.2. The molecule has 0 aromatic carbocycles. The Hall–Kier alpha value is -1.66. The molecular weight excluding hydrogens is 242 g/mol. The Balaban J connectivity index is 1.85. The van der Waals surface area contributed by atoms with Crippen LogP contribution in [0.4, 0.5) is 0 Å². The lowest BCUT2D eigenvalue weighted by molar-refractivity contribution is 0.113. The van der Waals surface area contributed by atoms with Crippen molar-refractivity contribution in [2.45, 2.75) is 38.5 Å². The van der Waals surface area contributed by atoms with Gasteiger partial charge in [0.25, 0.3) is 0 Å². The Morgan fingerprint density at radius 1 is 1.47 bits per heavy atom. The van der Waals surface area contributed by atoms with Crippen LogP contribution in [0.25, 0.3) is 0 Å². The third kappa shape index (κ3) is 2.29. The number of furan rings is 1. The Morgan fingerprint density at radius 3 is 3.11 bits per heavy atom. The second-order valence-electron chi connectivity index (χ2n) is 4.94. The van der Waals surface area contributed by atoms with Crippen LogP contribution in [0.15, 0.2) is 29.1 Å². The van der Waals surface area contributed by atoms with Gasteiger partial charge in [0.2, 0.25) is 0 Å². The molecule has 2 aromatic rings. The van der Waals surface area contributed by atoms with E-state index in [2.05, 4.69) is 26.6 Å². The minimum atomic E-state index is 0.0561. The normalized spacial score (nSPS) is 19.1. The third-order valence-corrected chi connectivity index (χ3v) is 3.77. The Bertz CT molecular complexity index is 521. The maximum absolute atomic E-state index is 6.29. The second-order valence-corrected chi connectivity index (χ2v) is 4.94. The fourth-order valence-electron chi connectivity index (χ4n) is 2.67. The molecular formula is C13H19N5O. The predicted molar refractivity (Wildman–Crippen MR) is 70.1 cm³/mol. The zero-order valence-corrected chi connectivity index (χ0v) is 11.1. The first kappa shape index (κ1) is 12.4. The summed E-state index contributed by atoms with van der Waals surface area (Å²) >= 11 is 0. The Labute approximate surface area is 112 Å². The molecule has 0 fully saturated rings. The number of fused-ring (bicyclic) bond motifs is 1. The molecule has 19 heavy (non-hydrogen) atoms. The van der Waals surface area contributed by atoms with Crippen molar-refractivity contribution in [2.24, 2.45) is 5.73 Å². The quantitative estimate of drug-likeness (QED) is 0.894. The lowest BCUT2D eigenvalue weighted by atomic mass is 10.0. The molecule has 1 aliphatic rings. The topological polar surface area (TPSA) is 73.1 Å². The molecule has 0 spiro atoms. The zero-order valence-electron chi connectivity index (χ0n) is 11.1. The van der Waals surface area contributed by atoms with Crippen molar-refractivity contribution in [1.82, 2.24) is 19.7 Å². The standard InChI is InChI=1S/C13H19N5O/c1-2-10(14)13(11-4-3-7-19-11)17-5-6-18-9-15-16-12(18)8-17/h3-4,7,9-10,13H,2,5-6,8,14H2,1H3. The maximum atomic E-state index is 6.29. The molecule has 102 valence electrons. The van der Waals surface area contributed by atoms with Crippen LogP contribution in [0, 0.1) is 0 Å². The highest BCUT2D eigenvalue weighted by Gasteiger charge is 2.31. The highest BCUT2D eigenvalue weighted by molar-refractivity contribution is 5.09. The van der Waals surface area contributed by atoms with Crippen molar-refractivity contribution in [3.63, 3.8) is 0 Å². The highest BCUT2D eigenvalue weighted by Crippen LogP contribution is 2.28. The van der Waals surface area contributed by atoms with Crippen LogP contribution in [0.3, 0.4) is 0 Å². The van der Waals surface area contributed by atoms with Crippen LogP contribution in [-0.2, 0) is 13.1 Å². The van der Waals surface area contributed by atoms with Gasteiger partial charge in [-0.1, -0.05) is 6.92 Å². The largest absolute Gasteiger partial charge is 0.468 e. The lowest BCUT2D eigenvalue weighted by Crippen LogP contribution is -2.44. The number of hydrogen-bond acceptors (Lipinski definition) is 5. The molecule has 2 atom stereocenters. The van der Waals surface area contributed by atoms with Crippen LogP contribution >= 0.6 is 0 Å². The molecule has 0 saturated carbocycles. The second kappa shape index (κ2) is 5.14. The van der Waals surface area contributed by atoms with E-state index in [-0.39, 0.29) is 12.1 Å². The van der Waals surface area contributed by atoms with Gasteiger partial charge in [-0.25, -0.2) is 0 Å². The molecule has 6 nitrogen and oxygen atoms in total. The number of nitrogens with two attached hydrogens (primary N) is 1. The smallest absolute Gasteiger partial charge is 0.147 e. The number of hydrogen-bond donors (Lipinski definition) is 1. The fourth-order valence-corrected chi connectivity index (χ4v) is 2.67. The van der Waals surface area contributed by atoms with Gasteiger partial charge in [-0.2, -0.15) is 0 Å². The maximum Gasteiger partial charge on any atom is 0.147 e. The molecule has 3 rings (SSSR count). The van der Waals surface area contributed by atoms with Gasteiger partial charge in [0, 0.05) is 19.1 Å². The molecule has 3 heterocycles. The summed E-state index contributed by atoms with van der Waals surface area (Å²) < 4.78 is 7.67. The van der Waals surface area contributed by atoms with Crippen molar-refractivity contribution >= 4 is 0 Å². The van der Waals surface area contributed by atoms with E-state index in [0.29, 0.717) is 0 Å². The van der Waals surface area contributed by atoms with Crippen molar-refractivity contribution in [3.8, 4) is 0 Å². The molecule has 2 N–H and O–H groups in total. The number of rotatable bonds is 4. The van der Waals surface area contributed by atoms with Crippen molar-refractivity contribution < 1.29 is 4.42 Å².